The summed E-state index contributed by atoms with van der Waals surface area (Å²) in [6.45, 7) is 2.95. The van der Waals surface area contributed by atoms with E-state index in [1.807, 2.05) is 12.1 Å². The number of furan rings is 1. The molecule has 1 aromatic heterocycles. The molecule has 4 heteroatoms. The first-order valence-corrected chi connectivity index (χ1v) is 7.10. The molecule has 1 atom stereocenters. The summed E-state index contributed by atoms with van der Waals surface area (Å²) in [5, 5.41) is 12.5. The molecule has 0 amide bonds. The van der Waals surface area contributed by atoms with Crippen molar-refractivity contribution in [3.63, 3.8) is 0 Å². The van der Waals surface area contributed by atoms with Gasteiger partial charge in [0.25, 0.3) is 0 Å². The molecule has 1 heterocycles. The maximum Gasteiger partial charge on any atom is 0.117 e. The largest absolute Gasteiger partial charge is 0.465 e. The third-order valence-corrected chi connectivity index (χ3v) is 3.17. The summed E-state index contributed by atoms with van der Waals surface area (Å²) in [7, 11) is 0. The Hall–Kier alpha value is -0.450. The first kappa shape index (κ1) is 13.6. The average molecular weight is 243 g/mol. The average Bonchev–Trinajstić information content (AvgIpc) is 2.77. The molecular weight excluding hydrogens is 222 g/mol. The second kappa shape index (κ2) is 7.76. The number of hydrogen-bond acceptors (Lipinski definition) is 4. The van der Waals surface area contributed by atoms with Crippen LogP contribution in [0.2, 0.25) is 0 Å². The molecular formula is C12H21NO2S. The second-order valence-corrected chi connectivity index (χ2v) is 4.75. The van der Waals surface area contributed by atoms with Crippen LogP contribution in [0.5, 0.6) is 0 Å². The highest BCUT2D eigenvalue weighted by atomic mass is 32.2. The highest BCUT2D eigenvalue weighted by Crippen LogP contribution is 2.09. The SMILES string of the molecule is CCc1ccc(CNC(CO)CCSC)o1. The van der Waals surface area contributed by atoms with Gasteiger partial charge in [-0.3, -0.25) is 0 Å². The summed E-state index contributed by atoms with van der Waals surface area (Å²) in [6, 6.07) is 4.17. The van der Waals surface area contributed by atoms with Gasteiger partial charge in [0, 0.05) is 12.5 Å². The molecule has 92 valence electrons. The molecule has 0 aliphatic rings. The molecule has 0 aliphatic carbocycles. The van der Waals surface area contributed by atoms with E-state index in [0.717, 1.165) is 30.1 Å². The summed E-state index contributed by atoms with van der Waals surface area (Å²) < 4.78 is 5.58. The third-order valence-electron chi connectivity index (χ3n) is 2.52. The summed E-state index contributed by atoms with van der Waals surface area (Å²) in [4.78, 5) is 0. The summed E-state index contributed by atoms with van der Waals surface area (Å²) in [6.07, 6.45) is 3.99. The van der Waals surface area contributed by atoms with E-state index in [0.29, 0.717) is 6.54 Å². The van der Waals surface area contributed by atoms with Gasteiger partial charge in [-0.05, 0) is 30.6 Å². The Morgan fingerprint density at radius 2 is 2.19 bits per heavy atom. The van der Waals surface area contributed by atoms with Crippen LogP contribution >= 0.6 is 11.8 Å². The van der Waals surface area contributed by atoms with E-state index in [4.69, 9.17) is 4.42 Å². The van der Waals surface area contributed by atoms with Crippen molar-refractivity contribution in [1.29, 1.82) is 0 Å². The van der Waals surface area contributed by atoms with Crippen LogP contribution in [0.25, 0.3) is 0 Å². The van der Waals surface area contributed by atoms with Gasteiger partial charge in [-0.1, -0.05) is 6.92 Å². The minimum atomic E-state index is 0.169. The van der Waals surface area contributed by atoms with E-state index in [-0.39, 0.29) is 12.6 Å². The van der Waals surface area contributed by atoms with Crippen LogP contribution in [-0.2, 0) is 13.0 Å². The van der Waals surface area contributed by atoms with E-state index in [2.05, 4.69) is 18.5 Å². The van der Waals surface area contributed by atoms with E-state index < -0.39 is 0 Å². The molecule has 1 unspecified atom stereocenters. The van der Waals surface area contributed by atoms with Gasteiger partial charge >= 0.3 is 0 Å². The summed E-state index contributed by atoms with van der Waals surface area (Å²) in [5.41, 5.74) is 0. The van der Waals surface area contributed by atoms with E-state index in [1.165, 1.54) is 0 Å². The van der Waals surface area contributed by atoms with Crippen LogP contribution in [0.4, 0.5) is 0 Å². The Balaban J connectivity index is 2.31. The van der Waals surface area contributed by atoms with Gasteiger partial charge in [-0.25, -0.2) is 0 Å². The normalized spacial score (nSPS) is 12.9. The molecule has 0 aromatic carbocycles. The molecule has 0 saturated heterocycles. The topological polar surface area (TPSA) is 45.4 Å². The monoisotopic (exact) mass is 243 g/mol. The Bertz CT molecular complexity index is 288. The van der Waals surface area contributed by atoms with Crippen molar-refractivity contribution in [2.24, 2.45) is 0 Å². The zero-order chi connectivity index (χ0) is 11.8. The predicted molar refractivity (Wildman–Crippen MR) is 68.8 cm³/mol. The quantitative estimate of drug-likeness (QED) is 0.733. The van der Waals surface area contributed by atoms with Crippen LogP contribution in [0.1, 0.15) is 24.9 Å². The fourth-order valence-electron chi connectivity index (χ4n) is 1.47. The number of thioether (sulfide) groups is 1. The van der Waals surface area contributed by atoms with Gasteiger partial charge < -0.3 is 14.8 Å². The molecule has 1 aromatic rings. The van der Waals surface area contributed by atoms with Crippen LogP contribution in [0.15, 0.2) is 16.5 Å². The zero-order valence-corrected chi connectivity index (χ0v) is 10.8. The standard InChI is InChI=1S/C12H21NO2S/c1-3-11-4-5-12(15-11)8-13-10(9-14)6-7-16-2/h4-5,10,13-14H,3,6-9H2,1-2H3. The van der Waals surface area contributed by atoms with Crippen LogP contribution in [0, 0.1) is 0 Å². The van der Waals surface area contributed by atoms with Crippen molar-refractivity contribution in [1.82, 2.24) is 5.32 Å². The fraction of sp³-hybridized carbons (Fsp3) is 0.667. The Morgan fingerprint density at radius 1 is 1.44 bits per heavy atom. The lowest BCUT2D eigenvalue weighted by Crippen LogP contribution is -2.32. The molecule has 0 aliphatic heterocycles. The molecule has 16 heavy (non-hydrogen) atoms. The molecule has 0 spiro atoms. The van der Waals surface area contributed by atoms with Gasteiger partial charge in [0.1, 0.15) is 11.5 Å². The number of aliphatic hydroxyl groups is 1. The van der Waals surface area contributed by atoms with Gasteiger partial charge in [-0.15, -0.1) is 0 Å². The van der Waals surface area contributed by atoms with Crippen LogP contribution in [-0.4, -0.2) is 29.8 Å². The fourth-order valence-corrected chi connectivity index (χ4v) is 1.99. The van der Waals surface area contributed by atoms with Crippen molar-refractivity contribution in [3.8, 4) is 0 Å². The molecule has 0 saturated carbocycles. The minimum absolute atomic E-state index is 0.169. The summed E-state index contributed by atoms with van der Waals surface area (Å²) in [5.74, 6) is 3.03. The maximum absolute atomic E-state index is 9.18. The van der Waals surface area contributed by atoms with Crippen molar-refractivity contribution in [2.75, 3.05) is 18.6 Å². The number of rotatable bonds is 8. The molecule has 2 N–H and O–H groups in total. The van der Waals surface area contributed by atoms with E-state index in [9.17, 15) is 5.11 Å². The first-order chi connectivity index (χ1) is 7.80. The van der Waals surface area contributed by atoms with Crippen LogP contribution in [0.3, 0.4) is 0 Å². The third kappa shape index (κ3) is 4.60. The lowest BCUT2D eigenvalue weighted by Gasteiger charge is -2.14. The van der Waals surface area contributed by atoms with E-state index >= 15 is 0 Å². The Morgan fingerprint density at radius 3 is 2.75 bits per heavy atom. The molecule has 0 fully saturated rings. The van der Waals surface area contributed by atoms with Gasteiger partial charge in [0.15, 0.2) is 0 Å². The molecule has 0 bridgehead atoms. The minimum Gasteiger partial charge on any atom is -0.465 e. The van der Waals surface area contributed by atoms with Gasteiger partial charge in [-0.2, -0.15) is 11.8 Å². The highest BCUT2D eigenvalue weighted by molar-refractivity contribution is 7.98. The predicted octanol–water partition coefficient (Wildman–Crippen LogP) is 2.05. The molecule has 1 rings (SSSR count). The number of nitrogens with one attached hydrogen (secondary N) is 1. The lowest BCUT2D eigenvalue weighted by atomic mass is 10.2. The van der Waals surface area contributed by atoms with Gasteiger partial charge in [0.05, 0.1) is 13.2 Å². The Kier molecular flexibility index (Phi) is 6.61. The van der Waals surface area contributed by atoms with Crippen molar-refractivity contribution in [2.45, 2.75) is 32.4 Å². The van der Waals surface area contributed by atoms with Crippen molar-refractivity contribution < 1.29 is 9.52 Å². The zero-order valence-electron chi connectivity index (χ0n) is 10.0. The first-order valence-electron chi connectivity index (χ1n) is 5.71. The van der Waals surface area contributed by atoms with Gasteiger partial charge in [0.2, 0.25) is 0 Å². The van der Waals surface area contributed by atoms with Crippen molar-refractivity contribution in [3.05, 3.63) is 23.7 Å². The smallest absolute Gasteiger partial charge is 0.117 e. The number of aliphatic hydroxyl groups excluding tert-OH is 1. The number of hydrogen-bond donors (Lipinski definition) is 2. The second-order valence-electron chi connectivity index (χ2n) is 3.76. The highest BCUT2D eigenvalue weighted by Gasteiger charge is 2.07. The molecule has 0 radical (unpaired) electrons. The lowest BCUT2D eigenvalue weighted by molar-refractivity contribution is 0.236. The summed E-state index contributed by atoms with van der Waals surface area (Å²) >= 11 is 1.80. The van der Waals surface area contributed by atoms with Crippen molar-refractivity contribution >= 4 is 11.8 Å². The van der Waals surface area contributed by atoms with E-state index in [1.54, 1.807) is 11.8 Å². The Labute approximate surface area is 102 Å². The maximum atomic E-state index is 9.18. The molecule has 3 nitrogen and oxygen atoms in total. The number of aryl methyl sites for hydroxylation is 1. The van der Waals surface area contributed by atoms with Crippen LogP contribution < -0.4 is 5.32 Å².